The number of aryl methyl sites for hydroxylation is 3. The second-order valence-corrected chi connectivity index (χ2v) is 7.35. The Morgan fingerprint density at radius 2 is 2.04 bits per heavy atom. The molecule has 3 rings (SSSR count). The first-order valence-corrected chi connectivity index (χ1v) is 9.36. The molecule has 3 heterocycles. The SMILES string of the molecule is Cc1cc(C(F)(F)F)n2nc(C(=O)NCCCn3cc(Br)c(C)n3)c(Cl)c2n1. The number of rotatable bonds is 5. The van der Waals surface area contributed by atoms with Crippen molar-refractivity contribution in [2.45, 2.75) is 33.0 Å². The summed E-state index contributed by atoms with van der Waals surface area (Å²) in [7, 11) is 0. The highest BCUT2D eigenvalue weighted by Crippen LogP contribution is 2.32. The molecule has 12 heteroatoms. The maximum atomic E-state index is 13.2. The molecule has 0 unspecified atom stereocenters. The van der Waals surface area contributed by atoms with E-state index in [2.05, 4.69) is 36.4 Å². The van der Waals surface area contributed by atoms with Crippen LogP contribution in [0.2, 0.25) is 5.02 Å². The zero-order valence-corrected chi connectivity index (χ0v) is 17.2. The number of carbonyl (C=O) groups is 1. The number of hydrogen-bond acceptors (Lipinski definition) is 4. The van der Waals surface area contributed by atoms with E-state index in [9.17, 15) is 18.0 Å². The minimum absolute atomic E-state index is 0.120. The number of amides is 1. The molecule has 3 aromatic heterocycles. The maximum Gasteiger partial charge on any atom is 0.433 e. The summed E-state index contributed by atoms with van der Waals surface area (Å²) in [4.78, 5) is 16.3. The van der Waals surface area contributed by atoms with Crippen LogP contribution in [0.1, 0.15) is 34.0 Å². The standard InChI is InChI=1S/C16H15BrClF3N6O/c1-8-6-11(16(19,20)21)27-14(23-8)12(18)13(25-27)15(28)22-4-3-5-26-7-10(17)9(2)24-26/h6-7H,3-5H2,1-2H3,(H,22,28). The second kappa shape index (κ2) is 7.70. The van der Waals surface area contributed by atoms with Gasteiger partial charge in [0.2, 0.25) is 0 Å². The lowest BCUT2D eigenvalue weighted by molar-refractivity contribution is -0.142. The number of fused-ring (bicyclic) bond motifs is 1. The molecule has 0 aliphatic heterocycles. The summed E-state index contributed by atoms with van der Waals surface area (Å²) in [6.07, 6.45) is -2.27. The quantitative estimate of drug-likeness (QED) is 0.565. The van der Waals surface area contributed by atoms with Crippen LogP contribution in [0.25, 0.3) is 5.65 Å². The summed E-state index contributed by atoms with van der Waals surface area (Å²) in [6.45, 7) is 4.11. The molecule has 0 aliphatic rings. The molecule has 1 N–H and O–H groups in total. The molecule has 28 heavy (non-hydrogen) atoms. The number of hydrogen-bond donors (Lipinski definition) is 1. The number of nitrogens with zero attached hydrogens (tertiary/aromatic N) is 5. The summed E-state index contributed by atoms with van der Waals surface area (Å²) in [5.74, 6) is -0.667. The van der Waals surface area contributed by atoms with Crippen LogP contribution in [0.3, 0.4) is 0 Å². The summed E-state index contributed by atoms with van der Waals surface area (Å²) in [5, 5.41) is 10.4. The van der Waals surface area contributed by atoms with Crippen molar-refractivity contribution in [2.75, 3.05) is 6.54 Å². The van der Waals surface area contributed by atoms with Crippen LogP contribution in [0, 0.1) is 13.8 Å². The van der Waals surface area contributed by atoms with Crippen LogP contribution in [0.4, 0.5) is 13.2 Å². The Kier molecular flexibility index (Phi) is 5.67. The van der Waals surface area contributed by atoms with Gasteiger partial charge in [0.25, 0.3) is 5.91 Å². The van der Waals surface area contributed by atoms with Crippen molar-refractivity contribution in [3.63, 3.8) is 0 Å². The van der Waals surface area contributed by atoms with Gasteiger partial charge in [-0.15, -0.1) is 0 Å². The summed E-state index contributed by atoms with van der Waals surface area (Å²) in [6, 6.07) is 0.849. The smallest absolute Gasteiger partial charge is 0.351 e. The van der Waals surface area contributed by atoms with Gasteiger partial charge < -0.3 is 5.32 Å². The number of aromatic nitrogens is 5. The van der Waals surface area contributed by atoms with Crippen molar-refractivity contribution >= 4 is 39.1 Å². The molecule has 0 radical (unpaired) electrons. The van der Waals surface area contributed by atoms with Gasteiger partial charge in [-0.1, -0.05) is 11.6 Å². The third-order valence-corrected chi connectivity index (χ3v) is 5.03. The molecule has 1 amide bonds. The maximum absolute atomic E-state index is 13.2. The molecule has 0 atom stereocenters. The van der Waals surface area contributed by atoms with E-state index < -0.39 is 17.8 Å². The van der Waals surface area contributed by atoms with Crippen molar-refractivity contribution in [3.05, 3.63) is 44.5 Å². The predicted octanol–water partition coefficient (Wildman–Crippen LogP) is 3.80. The van der Waals surface area contributed by atoms with E-state index in [1.807, 2.05) is 13.1 Å². The molecule has 0 spiro atoms. The molecular weight excluding hydrogens is 465 g/mol. The van der Waals surface area contributed by atoms with Gasteiger partial charge in [-0.05, 0) is 42.3 Å². The number of alkyl halides is 3. The average molecular weight is 480 g/mol. The number of halogens is 5. The van der Waals surface area contributed by atoms with E-state index >= 15 is 0 Å². The molecule has 0 aliphatic carbocycles. The first-order valence-electron chi connectivity index (χ1n) is 8.18. The van der Waals surface area contributed by atoms with Gasteiger partial charge in [-0.25, -0.2) is 9.50 Å². The first kappa shape index (κ1) is 20.6. The zero-order chi connectivity index (χ0) is 20.6. The van der Waals surface area contributed by atoms with E-state index in [-0.39, 0.29) is 28.6 Å². The van der Waals surface area contributed by atoms with Crippen LogP contribution in [-0.4, -0.2) is 36.8 Å². The average Bonchev–Trinajstić information content (AvgIpc) is 3.10. The second-order valence-electron chi connectivity index (χ2n) is 6.11. The summed E-state index contributed by atoms with van der Waals surface area (Å²) < 4.78 is 42.9. The Morgan fingerprint density at radius 3 is 2.64 bits per heavy atom. The zero-order valence-electron chi connectivity index (χ0n) is 14.8. The van der Waals surface area contributed by atoms with Gasteiger partial charge in [-0.2, -0.15) is 23.4 Å². The van der Waals surface area contributed by atoms with Crippen molar-refractivity contribution in [3.8, 4) is 0 Å². The molecule has 0 bridgehead atoms. The number of nitrogens with one attached hydrogen (secondary N) is 1. The lowest BCUT2D eigenvalue weighted by Crippen LogP contribution is -2.26. The summed E-state index contributed by atoms with van der Waals surface area (Å²) >= 11 is 9.45. The van der Waals surface area contributed by atoms with E-state index in [0.29, 0.717) is 17.5 Å². The fourth-order valence-electron chi connectivity index (χ4n) is 2.59. The minimum Gasteiger partial charge on any atom is -0.351 e. The van der Waals surface area contributed by atoms with Gasteiger partial charge in [0.1, 0.15) is 10.7 Å². The molecular formula is C16H15BrClF3N6O. The predicted molar refractivity (Wildman–Crippen MR) is 99.4 cm³/mol. The monoisotopic (exact) mass is 478 g/mol. The molecule has 3 aromatic rings. The Hall–Kier alpha value is -2.14. The Bertz CT molecular complexity index is 1030. The van der Waals surface area contributed by atoms with Crippen molar-refractivity contribution < 1.29 is 18.0 Å². The Labute approximate surface area is 171 Å². The fraction of sp³-hybridized carbons (Fsp3) is 0.375. The van der Waals surface area contributed by atoms with E-state index in [1.165, 1.54) is 6.92 Å². The highest BCUT2D eigenvalue weighted by molar-refractivity contribution is 9.10. The summed E-state index contributed by atoms with van der Waals surface area (Å²) in [5.41, 5.74) is -0.590. The van der Waals surface area contributed by atoms with Crippen molar-refractivity contribution in [1.82, 2.24) is 29.7 Å². The van der Waals surface area contributed by atoms with Crippen LogP contribution < -0.4 is 5.32 Å². The highest BCUT2D eigenvalue weighted by atomic mass is 79.9. The van der Waals surface area contributed by atoms with Crippen LogP contribution >= 0.6 is 27.5 Å². The van der Waals surface area contributed by atoms with Crippen molar-refractivity contribution in [2.24, 2.45) is 0 Å². The Morgan fingerprint density at radius 1 is 1.32 bits per heavy atom. The molecule has 0 saturated heterocycles. The van der Waals surface area contributed by atoms with Gasteiger partial charge in [0.15, 0.2) is 11.3 Å². The minimum atomic E-state index is -4.66. The fourth-order valence-corrected chi connectivity index (χ4v) is 3.16. The highest BCUT2D eigenvalue weighted by Gasteiger charge is 2.36. The van der Waals surface area contributed by atoms with Gasteiger partial charge in [0.05, 0.1) is 10.2 Å². The molecule has 7 nitrogen and oxygen atoms in total. The third-order valence-electron chi connectivity index (χ3n) is 3.90. The Balaban J connectivity index is 1.74. The van der Waals surface area contributed by atoms with Gasteiger partial charge >= 0.3 is 6.18 Å². The lowest BCUT2D eigenvalue weighted by atomic mass is 10.3. The molecule has 0 aromatic carbocycles. The normalized spacial score (nSPS) is 12.0. The molecule has 150 valence electrons. The van der Waals surface area contributed by atoms with Gasteiger partial charge in [0, 0.05) is 25.0 Å². The van der Waals surface area contributed by atoms with Crippen LogP contribution in [0.15, 0.2) is 16.7 Å². The lowest BCUT2D eigenvalue weighted by Gasteiger charge is -2.09. The van der Waals surface area contributed by atoms with Crippen molar-refractivity contribution in [1.29, 1.82) is 0 Å². The van der Waals surface area contributed by atoms with E-state index in [0.717, 1.165) is 16.2 Å². The van der Waals surface area contributed by atoms with Gasteiger partial charge in [-0.3, -0.25) is 9.48 Å². The van der Waals surface area contributed by atoms with Crippen LogP contribution in [-0.2, 0) is 12.7 Å². The largest absolute Gasteiger partial charge is 0.433 e. The van der Waals surface area contributed by atoms with E-state index in [4.69, 9.17) is 11.6 Å². The topological polar surface area (TPSA) is 77.1 Å². The van der Waals surface area contributed by atoms with Crippen LogP contribution in [0.5, 0.6) is 0 Å². The number of carbonyl (C=O) groups excluding carboxylic acids is 1. The van der Waals surface area contributed by atoms with E-state index in [1.54, 1.807) is 4.68 Å². The third kappa shape index (κ3) is 4.14. The molecule has 0 saturated carbocycles. The first-order chi connectivity index (χ1) is 13.1. The molecule has 0 fully saturated rings.